The van der Waals surface area contributed by atoms with Gasteiger partial charge in [0.2, 0.25) is 5.91 Å². The molecule has 2 aromatic rings. The van der Waals surface area contributed by atoms with Crippen molar-refractivity contribution in [2.24, 2.45) is 5.73 Å². The van der Waals surface area contributed by atoms with Crippen LogP contribution < -0.4 is 11.1 Å². The highest BCUT2D eigenvalue weighted by molar-refractivity contribution is 7.10. The van der Waals surface area contributed by atoms with Crippen LogP contribution in [0.5, 0.6) is 0 Å². The first-order valence-corrected chi connectivity index (χ1v) is 7.83. The molecule has 1 aromatic carbocycles. The third-order valence-corrected chi connectivity index (χ3v) is 4.68. The van der Waals surface area contributed by atoms with Gasteiger partial charge < -0.3 is 15.8 Å². The smallest absolute Gasteiger partial charge is 0.243 e. The van der Waals surface area contributed by atoms with Gasteiger partial charge in [0.1, 0.15) is 5.54 Å². The highest BCUT2D eigenvalue weighted by atomic mass is 32.1. The predicted octanol–water partition coefficient (Wildman–Crippen LogP) is 2.07. The van der Waals surface area contributed by atoms with Gasteiger partial charge in [-0.1, -0.05) is 36.4 Å². The predicted molar refractivity (Wildman–Crippen MR) is 83.1 cm³/mol. The number of ether oxygens (including phenoxy) is 1. The van der Waals surface area contributed by atoms with E-state index >= 15 is 0 Å². The van der Waals surface area contributed by atoms with Gasteiger partial charge in [-0.2, -0.15) is 0 Å². The van der Waals surface area contributed by atoms with E-state index in [0.29, 0.717) is 13.0 Å². The van der Waals surface area contributed by atoms with Crippen LogP contribution >= 0.6 is 11.3 Å². The van der Waals surface area contributed by atoms with Gasteiger partial charge in [-0.3, -0.25) is 4.79 Å². The van der Waals surface area contributed by atoms with Crippen molar-refractivity contribution in [1.29, 1.82) is 0 Å². The Hall–Kier alpha value is -1.69. The Morgan fingerprint density at radius 1 is 1.29 bits per heavy atom. The lowest BCUT2D eigenvalue weighted by Gasteiger charge is -2.25. The third kappa shape index (κ3) is 3.00. The van der Waals surface area contributed by atoms with Crippen molar-refractivity contribution in [3.8, 4) is 0 Å². The summed E-state index contributed by atoms with van der Waals surface area (Å²) >= 11 is 1.62. The molecule has 2 atom stereocenters. The lowest BCUT2D eigenvalue weighted by molar-refractivity contribution is -0.126. The summed E-state index contributed by atoms with van der Waals surface area (Å²) in [7, 11) is 0. The van der Waals surface area contributed by atoms with Crippen LogP contribution in [-0.2, 0) is 9.53 Å². The fourth-order valence-corrected chi connectivity index (χ4v) is 3.26. The van der Waals surface area contributed by atoms with Crippen molar-refractivity contribution < 1.29 is 9.53 Å². The second-order valence-electron chi connectivity index (χ2n) is 5.29. The van der Waals surface area contributed by atoms with E-state index in [0.717, 1.165) is 10.4 Å². The lowest BCUT2D eigenvalue weighted by atomic mass is 9.97. The SMILES string of the molecule is NC1(C(=O)NC(c2ccccc2)c2cccs2)CCOC1. The molecule has 1 aromatic heterocycles. The molecule has 5 heteroatoms. The van der Waals surface area contributed by atoms with Crippen LogP contribution in [0.25, 0.3) is 0 Å². The van der Waals surface area contributed by atoms with E-state index in [1.165, 1.54) is 0 Å². The number of hydrogen-bond donors (Lipinski definition) is 2. The topological polar surface area (TPSA) is 64.4 Å². The number of thiophene rings is 1. The van der Waals surface area contributed by atoms with E-state index in [4.69, 9.17) is 10.5 Å². The molecule has 1 aliphatic rings. The highest BCUT2D eigenvalue weighted by Gasteiger charge is 2.39. The van der Waals surface area contributed by atoms with E-state index in [1.54, 1.807) is 11.3 Å². The van der Waals surface area contributed by atoms with Crippen LogP contribution in [0.4, 0.5) is 0 Å². The fraction of sp³-hybridized carbons (Fsp3) is 0.312. The van der Waals surface area contributed by atoms with Gasteiger partial charge in [0.25, 0.3) is 0 Å². The Morgan fingerprint density at radius 3 is 2.71 bits per heavy atom. The average Bonchev–Trinajstić information content (AvgIpc) is 3.17. The lowest BCUT2D eigenvalue weighted by Crippen LogP contribution is -2.55. The first kappa shape index (κ1) is 14.3. The molecule has 1 saturated heterocycles. The summed E-state index contributed by atoms with van der Waals surface area (Å²) in [6, 6.07) is 13.8. The summed E-state index contributed by atoms with van der Waals surface area (Å²) in [4.78, 5) is 13.6. The number of nitrogens with one attached hydrogen (secondary N) is 1. The molecule has 0 radical (unpaired) electrons. The summed E-state index contributed by atoms with van der Waals surface area (Å²) in [6.45, 7) is 0.823. The first-order chi connectivity index (χ1) is 10.2. The molecule has 2 unspecified atom stereocenters. The molecular weight excluding hydrogens is 284 g/mol. The van der Waals surface area contributed by atoms with Gasteiger partial charge in [0.05, 0.1) is 12.6 Å². The van der Waals surface area contributed by atoms with Gasteiger partial charge in [0.15, 0.2) is 0 Å². The second-order valence-corrected chi connectivity index (χ2v) is 6.27. The Labute approximate surface area is 127 Å². The van der Waals surface area contributed by atoms with Crippen molar-refractivity contribution in [3.63, 3.8) is 0 Å². The maximum absolute atomic E-state index is 12.5. The highest BCUT2D eigenvalue weighted by Crippen LogP contribution is 2.27. The van der Waals surface area contributed by atoms with Crippen LogP contribution in [0.3, 0.4) is 0 Å². The standard InChI is InChI=1S/C16H18N2O2S/c17-16(8-9-20-11-16)15(19)18-14(13-7-4-10-21-13)12-5-2-1-3-6-12/h1-7,10,14H,8-9,11,17H2,(H,18,19). The zero-order valence-electron chi connectivity index (χ0n) is 11.6. The number of amides is 1. The molecular formula is C16H18N2O2S. The maximum atomic E-state index is 12.5. The van der Waals surface area contributed by atoms with E-state index in [1.807, 2.05) is 47.8 Å². The molecule has 2 heterocycles. The normalized spacial score (nSPS) is 22.9. The van der Waals surface area contributed by atoms with Gasteiger partial charge >= 0.3 is 0 Å². The zero-order valence-corrected chi connectivity index (χ0v) is 12.4. The van der Waals surface area contributed by atoms with Crippen LogP contribution in [0.15, 0.2) is 47.8 Å². The molecule has 4 nitrogen and oxygen atoms in total. The minimum Gasteiger partial charge on any atom is -0.379 e. The monoisotopic (exact) mass is 302 g/mol. The van der Waals surface area contributed by atoms with Gasteiger partial charge in [-0.25, -0.2) is 0 Å². The molecule has 0 aliphatic carbocycles. The summed E-state index contributed by atoms with van der Waals surface area (Å²) in [5, 5.41) is 5.09. The Bertz CT molecular complexity index is 592. The number of hydrogen-bond acceptors (Lipinski definition) is 4. The Balaban J connectivity index is 1.85. The van der Waals surface area contributed by atoms with Crippen LogP contribution in [0.1, 0.15) is 22.9 Å². The molecule has 1 fully saturated rings. The maximum Gasteiger partial charge on any atom is 0.243 e. The summed E-state index contributed by atoms with van der Waals surface area (Å²) in [5.74, 6) is -0.151. The van der Waals surface area contributed by atoms with Crippen molar-refractivity contribution in [3.05, 3.63) is 58.3 Å². The van der Waals surface area contributed by atoms with Gasteiger partial charge in [-0.15, -0.1) is 11.3 Å². The number of carbonyl (C=O) groups excluding carboxylic acids is 1. The quantitative estimate of drug-likeness (QED) is 0.909. The van der Waals surface area contributed by atoms with Gasteiger partial charge in [-0.05, 0) is 23.4 Å². The van der Waals surface area contributed by atoms with E-state index in [2.05, 4.69) is 5.32 Å². The van der Waals surface area contributed by atoms with Crippen LogP contribution in [0.2, 0.25) is 0 Å². The molecule has 1 aliphatic heterocycles. The number of benzene rings is 1. The number of rotatable bonds is 4. The molecule has 0 saturated carbocycles. The molecule has 0 spiro atoms. The summed E-state index contributed by atoms with van der Waals surface area (Å²) in [6.07, 6.45) is 0.560. The van der Waals surface area contributed by atoms with Crippen molar-refractivity contribution >= 4 is 17.2 Å². The minimum absolute atomic E-state index is 0.151. The fourth-order valence-electron chi connectivity index (χ4n) is 2.45. The van der Waals surface area contributed by atoms with Gasteiger partial charge in [0, 0.05) is 11.5 Å². The third-order valence-electron chi connectivity index (χ3n) is 3.74. The summed E-state index contributed by atoms with van der Waals surface area (Å²) < 4.78 is 5.28. The molecule has 110 valence electrons. The minimum atomic E-state index is -0.912. The average molecular weight is 302 g/mol. The second kappa shape index (κ2) is 5.97. The van der Waals surface area contributed by atoms with E-state index in [9.17, 15) is 4.79 Å². The van der Waals surface area contributed by atoms with Crippen LogP contribution in [-0.4, -0.2) is 24.7 Å². The molecule has 21 heavy (non-hydrogen) atoms. The number of nitrogens with two attached hydrogens (primary N) is 1. The first-order valence-electron chi connectivity index (χ1n) is 6.95. The van der Waals surface area contributed by atoms with Crippen molar-refractivity contribution in [1.82, 2.24) is 5.32 Å². The Morgan fingerprint density at radius 2 is 2.10 bits per heavy atom. The summed E-state index contributed by atoms with van der Waals surface area (Å²) in [5.41, 5.74) is 6.29. The van der Waals surface area contributed by atoms with Crippen molar-refractivity contribution in [2.45, 2.75) is 18.0 Å². The van der Waals surface area contributed by atoms with E-state index in [-0.39, 0.29) is 18.6 Å². The Kier molecular flexibility index (Phi) is 4.05. The largest absolute Gasteiger partial charge is 0.379 e. The molecule has 3 rings (SSSR count). The molecule has 3 N–H and O–H groups in total. The molecule has 1 amide bonds. The van der Waals surface area contributed by atoms with Crippen LogP contribution in [0, 0.1) is 0 Å². The zero-order chi connectivity index (χ0) is 14.7. The molecule has 0 bridgehead atoms. The van der Waals surface area contributed by atoms with E-state index < -0.39 is 5.54 Å². The van der Waals surface area contributed by atoms with Crippen molar-refractivity contribution in [2.75, 3.05) is 13.2 Å². The number of carbonyl (C=O) groups is 1.